The Bertz CT molecular complexity index is 522. The molecule has 96 valence electrons. The lowest BCUT2D eigenvalue weighted by molar-refractivity contribution is 0.526. The van der Waals surface area contributed by atoms with E-state index in [0.717, 1.165) is 17.4 Å². The van der Waals surface area contributed by atoms with Crippen molar-refractivity contribution in [3.8, 4) is 0 Å². The fourth-order valence-electron chi connectivity index (χ4n) is 2.75. The number of aromatic amines is 1. The van der Waals surface area contributed by atoms with Crippen LogP contribution >= 0.6 is 11.8 Å². The van der Waals surface area contributed by atoms with Crippen LogP contribution in [0.1, 0.15) is 24.8 Å². The molecule has 2 aromatic rings. The summed E-state index contributed by atoms with van der Waals surface area (Å²) < 4.78 is 0. The average Bonchev–Trinajstić information content (AvgIpc) is 3.03. The summed E-state index contributed by atoms with van der Waals surface area (Å²) in [5.41, 5.74) is 2.31. The fourth-order valence-corrected chi connectivity index (χ4v) is 3.55. The van der Waals surface area contributed by atoms with Crippen LogP contribution in [0.15, 0.2) is 24.5 Å². The number of rotatable bonds is 4. The lowest BCUT2D eigenvalue weighted by Gasteiger charge is -2.12. The van der Waals surface area contributed by atoms with Gasteiger partial charge in [0.2, 0.25) is 0 Å². The summed E-state index contributed by atoms with van der Waals surface area (Å²) in [6.07, 6.45) is 10.1. The maximum Gasteiger partial charge on any atom is 0.137 e. The van der Waals surface area contributed by atoms with Crippen LogP contribution in [0, 0.1) is 0 Å². The van der Waals surface area contributed by atoms with Gasteiger partial charge in [0.1, 0.15) is 5.65 Å². The third-order valence-corrected chi connectivity index (χ3v) is 4.93. The largest absolute Gasteiger partial charge is 0.346 e. The molecule has 0 spiro atoms. The maximum absolute atomic E-state index is 4.32. The van der Waals surface area contributed by atoms with Crippen LogP contribution in [0.3, 0.4) is 0 Å². The molecule has 2 atom stereocenters. The minimum Gasteiger partial charge on any atom is -0.346 e. The fraction of sp³-hybridized carbons (Fsp3) is 0.500. The maximum atomic E-state index is 4.32. The van der Waals surface area contributed by atoms with E-state index in [0.29, 0.717) is 6.04 Å². The number of hydrogen-bond donors (Lipinski definition) is 2. The number of pyridine rings is 1. The predicted molar refractivity (Wildman–Crippen MR) is 77.9 cm³/mol. The van der Waals surface area contributed by atoms with Crippen molar-refractivity contribution in [2.24, 2.45) is 0 Å². The molecule has 0 aromatic carbocycles. The third kappa shape index (κ3) is 2.40. The van der Waals surface area contributed by atoms with Crippen LogP contribution in [-0.2, 0) is 6.54 Å². The average molecular weight is 261 g/mol. The lowest BCUT2D eigenvalue weighted by atomic mass is 10.2. The van der Waals surface area contributed by atoms with Gasteiger partial charge >= 0.3 is 0 Å². The molecular formula is C14H19N3S. The SMILES string of the molecule is CSC1CCC(NCc2c[nH]c3ncccc23)C1. The molecule has 0 amide bonds. The second-order valence-corrected chi connectivity index (χ2v) is 6.10. The van der Waals surface area contributed by atoms with Gasteiger partial charge in [0.15, 0.2) is 0 Å². The van der Waals surface area contributed by atoms with Gasteiger partial charge in [-0.2, -0.15) is 11.8 Å². The van der Waals surface area contributed by atoms with E-state index in [1.165, 1.54) is 30.2 Å². The van der Waals surface area contributed by atoms with Gasteiger partial charge in [-0.05, 0) is 43.2 Å². The molecule has 1 fully saturated rings. The zero-order chi connectivity index (χ0) is 12.4. The first kappa shape index (κ1) is 12.1. The van der Waals surface area contributed by atoms with Crippen molar-refractivity contribution < 1.29 is 0 Å². The Morgan fingerprint density at radius 1 is 1.50 bits per heavy atom. The number of hydrogen-bond acceptors (Lipinski definition) is 3. The van der Waals surface area contributed by atoms with Gasteiger partial charge in [0.05, 0.1) is 0 Å². The first-order valence-corrected chi connectivity index (χ1v) is 7.83. The van der Waals surface area contributed by atoms with E-state index in [9.17, 15) is 0 Å². The van der Waals surface area contributed by atoms with Gasteiger partial charge < -0.3 is 10.3 Å². The van der Waals surface area contributed by atoms with Crippen LogP contribution in [0.4, 0.5) is 0 Å². The lowest BCUT2D eigenvalue weighted by Crippen LogP contribution is -2.25. The second kappa shape index (κ2) is 5.33. The van der Waals surface area contributed by atoms with Crippen molar-refractivity contribution in [3.05, 3.63) is 30.1 Å². The molecule has 3 nitrogen and oxygen atoms in total. The molecule has 18 heavy (non-hydrogen) atoms. The number of aromatic nitrogens is 2. The highest BCUT2D eigenvalue weighted by molar-refractivity contribution is 7.99. The Balaban J connectivity index is 1.63. The Morgan fingerprint density at radius 3 is 3.28 bits per heavy atom. The molecular weight excluding hydrogens is 242 g/mol. The molecule has 1 aliphatic rings. The summed E-state index contributed by atoms with van der Waals surface area (Å²) >= 11 is 2.01. The van der Waals surface area contributed by atoms with Crippen molar-refractivity contribution >= 4 is 22.8 Å². The smallest absolute Gasteiger partial charge is 0.137 e. The van der Waals surface area contributed by atoms with Crippen molar-refractivity contribution in [2.75, 3.05) is 6.26 Å². The highest BCUT2D eigenvalue weighted by Crippen LogP contribution is 2.28. The second-order valence-electron chi connectivity index (χ2n) is 4.96. The van der Waals surface area contributed by atoms with E-state index >= 15 is 0 Å². The van der Waals surface area contributed by atoms with E-state index in [2.05, 4.69) is 33.8 Å². The minimum atomic E-state index is 0.684. The normalized spacial score (nSPS) is 23.8. The number of thioether (sulfide) groups is 1. The van der Waals surface area contributed by atoms with Crippen molar-refractivity contribution in [1.29, 1.82) is 0 Å². The molecule has 2 heterocycles. The van der Waals surface area contributed by atoms with Gasteiger partial charge in [0, 0.05) is 35.6 Å². The van der Waals surface area contributed by atoms with Crippen molar-refractivity contribution in [2.45, 2.75) is 37.1 Å². The highest BCUT2D eigenvalue weighted by Gasteiger charge is 2.23. The van der Waals surface area contributed by atoms with Crippen LogP contribution in [0.5, 0.6) is 0 Å². The van der Waals surface area contributed by atoms with Crippen LogP contribution in [0.25, 0.3) is 11.0 Å². The Hall–Kier alpha value is -1.00. The van der Waals surface area contributed by atoms with Crippen LogP contribution in [-0.4, -0.2) is 27.5 Å². The Morgan fingerprint density at radius 2 is 2.44 bits per heavy atom. The van der Waals surface area contributed by atoms with Gasteiger partial charge in [-0.3, -0.25) is 0 Å². The molecule has 0 aliphatic heterocycles. The number of H-pyrrole nitrogens is 1. The summed E-state index contributed by atoms with van der Waals surface area (Å²) in [4.78, 5) is 7.55. The minimum absolute atomic E-state index is 0.684. The first-order chi connectivity index (χ1) is 8.86. The molecule has 2 N–H and O–H groups in total. The van der Waals surface area contributed by atoms with Crippen molar-refractivity contribution in [1.82, 2.24) is 15.3 Å². The van der Waals surface area contributed by atoms with Crippen LogP contribution < -0.4 is 5.32 Å². The quantitative estimate of drug-likeness (QED) is 0.889. The molecule has 2 aromatic heterocycles. The molecule has 1 saturated carbocycles. The monoisotopic (exact) mass is 261 g/mol. The molecule has 0 radical (unpaired) electrons. The highest BCUT2D eigenvalue weighted by atomic mass is 32.2. The van der Waals surface area contributed by atoms with Gasteiger partial charge in [0.25, 0.3) is 0 Å². The number of nitrogens with zero attached hydrogens (tertiary/aromatic N) is 1. The topological polar surface area (TPSA) is 40.7 Å². The summed E-state index contributed by atoms with van der Waals surface area (Å²) in [7, 11) is 0. The zero-order valence-electron chi connectivity index (χ0n) is 10.6. The summed E-state index contributed by atoms with van der Waals surface area (Å²) in [6.45, 7) is 0.942. The van der Waals surface area contributed by atoms with E-state index in [1.807, 2.05) is 24.0 Å². The zero-order valence-corrected chi connectivity index (χ0v) is 11.5. The summed E-state index contributed by atoms with van der Waals surface area (Å²) in [5, 5.41) is 5.77. The summed E-state index contributed by atoms with van der Waals surface area (Å²) in [6, 6.07) is 4.82. The third-order valence-electron chi connectivity index (χ3n) is 3.84. The Labute approximate surface area is 112 Å². The van der Waals surface area contributed by atoms with Gasteiger partial charge in [-0.1, -0.05) is 0 Å². The standard InChI is InChI=1S/C14H19N3S/c1-18-12-5-4-11(7-12)16-8-10-9-17-14-13(10)3-2-6-15-14/h2-3,6,9,11-12,16H,4-5,7-8H2,1H3,(H,15,17). The van der Waals surface area contributed by atoms with E-state index in [4.69, 9.17) is 0 Å². The van der Waals surface area contributed by atoms with Gasteiger partial charge in [-0.25, -0.2) is 4.98 Å². The molecule has 1 aliphatic carbocycles. The molecule has 0 saturated heterocycles. The van der Waals surface area contributed by atoms with E-state index < -0.39 is 0 Å². The number of fused-ring (bicyclic) bond motifs is 1. The van der Waals surface area contributed by atoms with E-state index in [-0.39, 0.29) is 0 Å². The van der Waals surface area contributed by atoms with Gasteiger partial charge in [-0.15, -0.1) is 0 Å². The molecule has 3 rings (SSSR count). The molecule has 0 bridgehead atoms. The van der Waals surface area contributed by atoms with Crippen molar-refractivity contribution in [3.63, 3.8) is 0 Å². The molecule has 2 unspecified atom stereocenters. The van der Waals surface area contributed by atoms with E-state index in [1.54, 1.807) is 0 Å². The Kier molecular flexibility index (Phi) is 3.57. The molecule has 4 heteroatoms. The predicted octanol–water partition coefficient (Wildman–Crippen LogP) is 2.94. The van der Waals surface area contributed by atoms with Crippen LogP contribution in [0.2, 0.25) is 0 Å². The first-order valence-electron chi connectivity index (χ1n) is 6.54. The number of nitrogens with one attached hydrogen (secondary N) is 2. The summed E-state index contributed by atoms with van der Waals surface area (Å²) in [5.74, 6) is 0.